The van der Waals surface area contributed by atoms with E-state index in [1.165, 1.54) is 0 Å². The number of carbonyl (C=O) groups excluding carboxylic acids is 1. The number of benzene rings is 1. The van der Waals surface area contributed by atoms with Crippen LogP contribution in [0.2, 0.25) is 0 Å². The van der Waals surface area contributed by atoms with Crippen molar-refractivity contribution in [2.75, 3.05) is 48.5 Å². The summed E-state index contributed by atoms with van der Waals surface area (Å²) < 4.78 is 15.9. The number of nitrogens with zero attached hydrogens (tertiary/aromatic N) is 2. The van der Waals surface area contributed by atoms with Crippen molar-refractivity contribution in [3.05, 3.63) is 17.7 Å². The topological polar surface area (TPSA) is 51.2 Å². The van der Waals surface area contributed by atoms with Crippen LogP contribution in [0.15, 0.2) is 12.1 Å². The summed E-state index contributed by atoms with van der Waals surface area (Å²) >= 11 is 0. The first-order valence-corrected chi connectivity index (χ1v) is 7.77. The predicted molar refractivity (Wildman–Crippen MR) is 88.7 cm³/mol. The number of ether oxygens (including phenoxy) is 3. The van der Waals surface area contributed by atoms with Gasteiger partial charge in [-0.1, -0.05) is 0 Å². The minimum Gasteiger partial charge on any atom is -0.496 e. The highest BCUT2D eigenvalue weighted by Gasteiger charge is 2.27. The first-order valence-electron chi connectivity index (χ1n) is 7.77. The third-order valence-electron chi connectivity index (χ3n) is 4.42. The van der Waals surface area contributed by atoms with Gasteiger partial charge in [0.1, 0.15) is 5.75 Å². The monoisotopic (exact) mass is 322 g/mol. The van der Waals surface area contributed by atoms with Crippen molar-refractivity contribution >= 4 is 5.91 Å². The predicted octanol–water partition coefficient (Wildman–Crippen LogP) is 1.88. The van der Waals surface area contributed by atoms with Gasteiger partial charge >= 0.3 is 0 Å². The van der Waals surface area contributed by atoms with E-state index in [1.807, 2.05) is 4.90 Å². The summed E-state index contributed by atoms with van der Waals surface area (Å²) in [5.41, 5.74) is 0.508. The van der Waals surface area contributed by atoms with Gasteiger partial charge in [-0.05, 0) is 26.9 Å². The van der Waals surface area contributed by atoms with Crippen LogP contribution >= 0.6 is 0 Å². The van der Waals surface area contributed by atoms with Crippen molar-refractivity contribution in [3.8, 4) is 17.2 Å². The molecular formula is C17H26N2O4. The van der Waals surface area contributed by atoms with Crippen molar-refractivity contribution in [1.29, 1.82) is 0 Å². The van der Waals surface area contributed by atoms with Gasteiger partial charge in [0.05, 0.1) is 26.9 Å². The molecule has 0 N–H and O–H groups in total. The standard InChI is InChI=1S/C17H26N2O4/c1-18(2)12-6-8-19(9-7-12)17(20)13-10-15(22-4)16(23-5)11-14(13)21-3/h10-12H,6-9H2,1-5H3. The molecule has 0 aliphatic carbocycles. The summed E-state index contributed by atoms with van der Waals surface area (Å²) in [6.07, 6.45) is 1.96. The van der Waals surface area contributed by atoms with Gasteiger partial charge in [0.25, 0.3) is 5.91 Å². The van der Waals surface area contributed by atoms with Gasteiger partial charge < -0.3 is 24.0 Å². The number of carbonyl (C=O) groups is 1. The maximum absolute atomic E-state index is 12.9. The molecular weight excluding hydrogens is 296 g/mol. The SMILES string of the molecule is COc1cc(OC)c(C(=O)N2CCC(N(C)C)CC2)cc1OC. The van der Waals surface area contributed by atoms with E-state index >= 15 is 0 Å². The molecule has 1 aromatic rings. The molecule has 128 valence electrons. The number of rotatable bonds is 5. The Morgan fingerprint density at radius 2 is 1.52 bits per heavy atom. The lowest BCUT2D eigenvalue weighted by atomic mass is 10.0. The van der Waals surface area contributed by atoms with E-state index in [-0.39, 0.29) is 5.91 Å². The van der Waals surface area contributed by atoms with Gasteiger partial charge in [-0.25, -0.2) is 0 Å². The second kappa shape index (κ2) is 7.55. The van der Waals surface area contributed by atoms with Gasteiger partial charge in [0, 0.05) is 31.3 Å². The Morgan fingerprint density at radius 1 is 1.00 bits per heavy atom. The zero-order valence-electron chi connectivity index (χ0n) is 14.6. The molecule has 1 aliphatic heterocycles. The lowest BCUT2D eigenvalue weighted by Crippen LogP contribution is -2.44. The Balaban J connectivity index is 2.22. The Labute approximate surface area is 137 Å². The molecule has 1 aromatic carbocycles. The highest BCUT2D eigenvalue weighted by Crippen LogP contribution is 2.35. The van der Waals surface area contributed by atoms with E-state index < -0.39 is 0 Å². The van der Waals surface area contributed by atoms with Crippen molar-refractivity contribution in [1.82, 2.24) is 9.80 Å². The van der Waals surface area contributed by atoms with Crippen LogP contribution in [0.5, 0.6) is 17.2 Å². The average Bonchev–Trinajstić information content (AvgIpc) is 2.59. The van der Waals surface area contributed by atoms with Crippen LogP contribution in [-0.4, -0.2) is 70.3 Å². The summed E-state index contributed by atoms with van der Waals surface area (Å²) in [6.45, 7) is 1.50. The first kappa shape index (κ1) is 17.4. The fraction of sp³-hybridized carbons (Fsp3) is 0.588. The summed E-state index contributed by atoms with van der Waals surface area (Å²) in [5.74, 6) is 1.55. The van der Waals surface area contributed by atoms with E-state index in [4.69, 9.17) is 14.2 Å². The van der Waals surface area contributed by atoms with E-state index in [9.17, 15) is 4.79 Å². The highest BCUT2D eigenvalue weighted by molar-refractivity contribution is 5.98. The van der Waals surface area contributed by atoms with Crippen LogP contribution < -0.4 is 14.2 Å². The third kappa shape index (κ3) is 3.69. The van der Waals surface area contributed by atoms with E-state index in [2.05, 4.69) is 19.0 Å². The van der Waals surface area contributed by atoms with Gasteiger partial charge in [0.2, 0.25) is 0 Å². The van der Waals surface area contributed by atoms with Crippen LogP contribution in [-0.2, 0) is 0 Å². The van der Waals surface area contributed by atoms with Gasteiger partial charge in [-0.3, -0.25) is 4.79 Å². The zero-order valence-corrected chi connectivity index (χ0v) is 14.6. The fourth-order valence-electron chi connectivity index (χ4n) is 2.95. The van der Waals surface area contributed by atoms with Gasteiger partial charge in [0.15, 0.2) is 11.5 Å². The maximum Gasteiger partial charge on any atom is 0.257 e. The molecule has 1 amide bonds. The number of likely N-dealkylation sites (tertiary alicyclic amines) is 1. The highest BCUT2D eigenvalue weighted by atomic mass is 16.5. The molecule has 0 aromatic heterocycles. The molecule has 6 heteroatoms. The third-order valence-corrected chi connectivity index (χ3v) is 4.42. The lowest BCUT2D eigenvalue weighted by Gasteiger charge is -2.35. The largest absolute Gasteiger partial charge is 0.496 e. The number of amides is 1. The van der Waals surface area contributed by atoms with Crippen molar-refractivity contribution in [2.24, 2.45) is 0 Å². The minimum atomic E-state index is -0.0278. The summed E-state index contributed by atoms with van der Waals surface area (Å²) in [7, 11) is 8.83. The quantitative estimate of drug-likeness (QED) is 0.828. The molecule has 0 atom stereocenters. The van der Waals surface area contributed by atoms with Crippen LogP contribution in [0.25, 0.3) is 0 Å². The summed E-state index contributed by atoms with van der Waals surface area (Å²) in [5, 5.41) is 0. The Kier molecular flexibility index (Phi) is 5.71. The molecule has 0 bridgehead atoms. The molecule has 1 saturated heterocycles. The van der Waals surface area contributed by atoms with E-state index in [0.717, 1.165) is 25.9 Å². The normalized spacial score (nSPS) is 15.7. The Bertz CT molecular complexity index is 552. The molecule has 0 radical (unpaired) electrons. The van der Waals surface area contributed by atoms with Crippen LogP contribution in [0.3, 0.4) is 0 Å². The van der Waals surface area contributed by atoms with Crippen LogP contribution in [0.1, 0.15) is 23.2 Å². The number of hydrogen-bond acceptors (Lipinski definition) is 5. The van der Waals surface area contributed by atoms with Crippen LogP contribution in [0.4, 0.5) is 0 Å². The van der Waals surface area contributed by atoms with E-state index in [1.54, 1.807) is 33.5 Å². The Hall–Kier alpha value is -1.95. The lowest BCUT2D eigenvalue weighted by molar-refractivity contribution is 0.0659. The molecule has 1 aliphatic rings. The molecule has 0 spiro atoms. The minimum absolute atomic E-state index is 0.0278. The molecule has 6 nitrogen and oxygen atoms in total. The van der Waals surface area contributed by atoms with Gasteiger partial charge in [-0.2, -0.15) is 0 Å². The summed E-state index contributed by atoms with van der Waals surface area (Å²) in [4.78, 5) is 17.0. The average molecular weight is 322 g/mol. The molecule has 1 heterocycles. The number of methoxy groups -OCH3 is 3. The van der Waals surface area contributed by atoms with Crippen molar-refractivity contribution < 1.29 is 19.0 Å². The molecule has 0 unspecified atom stereocenters. The number of piperidine rings is 1. The molecule has 23 heavy (non-hydrogen) atoms. The fourth-order valence-corrected chi connectivity index (χ4v) is 2.95. The van der Waals surface area contributed by atoms with E-state index in [0.29, 0.717) is 28.9 Å². The first-order chi connectivity index (χ1) is 11.0. The number of hydrogen-bond donors (Lipinski definition) is 0. The smallest absolute Gasteiger partial charge is 0.257 e. The zero-order chi connectivity index (χ0) is 17.0. The second-order valence-corrected chi connectivity index (χ2v) is 5.89. The molecule has 1 fully saturated rings. The second-order valence-electron chi connectivity index (χ2n) is 5.89. The molecule has 0 saturated carbocycles. The Morgan fingerprint density at radius 3 is 2.00 bits per heavy atom. The van der Waals surface area contributed by atoms with Crippen molar-refractivity contribution in [2.45, 2.75) is 18.9 Å². The van der Waals surface area contributed by atoms with Gasteiger partial charge in [-0.15, -0.1) is 0 Å². The maximum atomic E-state index is 12.9. The molecule has 2 rings (SSSR count). The summed E-state index contributed by atoms with van der Waals surface area (Å²) in [6, 6.07) is 3.92. The van der Waals surface area contributed by atoms with Crippen molar-refractivity contribution in [3.63, 3.8) is 0 Å². The van der Waals surface area contributed by atoms with Crippen LogP contribution in [0, 0.1) is 0 Å².